The van der Waals surface area contributed by atoms with Crippen LogP contribution in [0.5, 0.6) is 0 Å². The lowest BCUT2D eigenvalue weighted by atomic mass is 9.92. The molecule has 2 aliphatic rings. The Bertz CT molecular complexity index is 807. The van der Waals surface area contributed by atoms with Crippen LogP contribution in [0.25, 0.3) is 6.08 Å². The third kappa shape index (κ3) is 6.65. The van der Waals surface area contributed by atoms with Gasteiger partial charge in [0.25, 0.3) is 0 Å². The lowest BCUT2D eigenvalue weighted by molar-refractivity contribution is -0.126. The molecular weight excluding hydrogens is 398 g/mol. The smallest absolute Gasteiger partial charge is 0.236 e. The number of amides is 1. The maximum atomic E-state index is 12.6. The van der Waals surface area contributed by atoms with E-state index in [-0.39, 0.29) is 11.8 Å². The lowest BCUT2D eigenvalue weighted by Crippen LogP contribution is -2.45. The number of nitrogens with one attached hydrogen (secondary N) is 1. The van der Waals surface area contributed by atoms with E-state index in [2.05, 4.69) is 24.1 Å². The first-order chi connectivity index (χ1) is 14.3. The van der Waals surface area contributed by atoms with Crippen molar-refractivity contribution >= 4 is 22.0 Å². The highest BCUT2D eigenvalue weighted by Crippen LogP contribution is 2.22. The van der Waals surface area contributed by atoms with Gasteiger partial charge in [0, 0.05) is 50.6 Å². The van der Waals surface area contributed by atoms with Crippen LogP contribution < -0.4 is 5.32 Å². The number of hydrogen-bond acceptors (Lipinski definition) is 4. The van der Waals surface area contributed by atoms with Crippen molar-refractivity contribution in [1.29, 1.82) is 0 Å². The largest absolute Gasteiger partial charge is 0.355 e. The summed E-state index contributed by atoms with van der Waals surface area (Å²) in [7, 11) is -3.46. The van der Waals surface area contributed by atoms with Gasteiger partial charge in [-0.2, -0.15) is 4.31 Å². The number of carbonyl (C=O) groups excluding carboxylic acids is 1. The molecule has 0 aromatic heterocycles. The summed E-state index contributed by atoms with van der Waals surface area (Å²) in [5.74, 6) is 1.39. The number of rotatable bonds is 7. The molecule has 166 valence electrons. The zero-order chi connectivity index (χ0) is 21.6. The fourth-order valence-corrected chi connectivity index (χ4v) is 5.86. The van der Waals surface area contributed by atoms with Crippen molar-refractivity contribution in [2.75, 3.05) is 39.3 Å². The van der Waals surface area contributed by atoms with Gasteiger partial charge < -0.3 is 10.2 Å². The normalized spacial score (nSPS) is 24.9. The summed E-state index contributed by atoms with van der Waals surface area (Å²) < 4.78 is 26.6. The fraction of sp³-hybridized carbons (Fsp3) is 0.609. The molecule has 2 unspecified atom stereocenters. The standard InChI is InChI=1S/C23H35N3O3S/c1-19-16-20(2)18-25(17-19)14-11-24-23(27)22-8-12-26(13-9-22)30(28,29)15-10-21-6-4-3-5-7-21/h3-7,10,15,19-20,22H,8-9,11-14,16-18H2,1-2H3,(H,24,27)/b15-10+. The van der Waals surface area contributed by atoms with Crippen LogP contribution in [0.1, 0.15) is 38.7 Å². The first-order valence-corrected chi connectivity index (χ1v) is 12.6. The summed E-state index contributed by atoms with van der Waals surface area (Å²) in [6.45, 7) is 9.12. The quantitative estimate of drug-likeness (QED) is 0.718. The van der Waals surface area contributed by atoms with Crippen molar-refractivity contribution in [3.63, 3.8) is 0 Å². The van der Waals surface area contributed by atoms with Gasteiger partial charge in [0.1, 0.15) is 0 Å². The van der Waals surface area contributed by atoms with Crippen LogP contribution >= 0.6 is 0 Å². The third-order valence-electron chi connectivity index (χ3n) is 6.09. The van der Waals surface area contributed by atoms with Gasteiger partial charge in [-0.15, -0.1) is 0 Å². The van der Waals surface area contributed by atoms with Crippen LogP contribution in [0.3, 0.4) is 0 Å². The van der Waals surface area contributed by atoms with Gasteiger partial charge in [-0.1, -0.05) is 44.2 Å². The molecule has 1 aromatic rings. The van der Waals surface area contributed by atoms with Crippen molar-refractivity contribution in [2.24, 2.45) is 17.8 Å². The molecule has 0 spiro atoms. The number of nitrogens with zero attached hydrogens (tertiary/aromatic N) is 2. The average Bonchev–Trinajstić information content (AvgIpc) is 2.72. The number of sulfonamides is 1. The lowest BCUT2D eigenvalue weighted by Gasteiger charge is -2.35. The van der Waals surface area contributed by atoms with Gasteiger partial charge in [0.05, 0.1) is 0 Å². The predicted molar refractivity (Wildman–Crippen MR) is 121 cm³/mol. The summed E-state index contributed by atoms with van der Waals surface area (Å²) in [6.07, 6.45) is 4.05. The van der Waals surface area contributed by atoms with E-state index in [9.17, 15) is 13.2 Å². The third-order valence-corrected chi connectivity index (χ3v) is 7.65. The Morgan fingerprint density at radius 3 is 2.37 bits per heavy atom. The monoisotopic (exact) mass is 433 g/mol. The Morgan fingerprint density at radius 1 is 1.10 bits per heavy atom. The van der Waals surface area contributed by atoms with Crippen molar-refractivity contribution in [3.05, 3.63) is 41.3 Å². The Morgan fingerprint density at radius 2 is 1.73 bits per heavy atom. The minimum absolute atomic E-state index is 0.0602. The molecule has 1 amide bonds. The topological polar surface area (TPSA) is 69.7 Å². The Hall–Kier alpha value is -1.70. The molecule has 1 aromatic carbocycles. The second-order valence-electron chi connectivity index (χ2n) is 8.93. The van der Waals surface area contributed by atoms with Crippen LogP contribution in [0, 0.1) is 17.8 Å². The van der Waals surface area contributed by atoms with Crippen molar-refractivity contribution in [2.45, 2.75) is 33.1 Å². The van der Waals surface area contributed by atoms with Crippen LogP contribution in [0.2, 0.25) is 0 Å². The maximum absolute atomic E-state index is 12.6. The van der Waals surface area contributed by atoms with Gasteiger partial charge in [0.2, 0.25) is 15.9 Å². The second-order valence-corrected chi connectivity index (χ2v) is 10.7. The van der Waals surface area contributed by atoms with Crippen LogP contribution in [-0.2, 0) is 14.8 Å². The first kappa shape index (κ1) is 23.0. The van der Waals surface area contributed by atoms with E-state index in [0.29, 0.717) is 44.3 Å². The van der Waals surface area contributed by atoms with E-state index < -0.39 is 10.0 Å². The van der Waals surface area contributed by atoms with Gasteiger partial charge in [-0.05, 0) is 42.7 Å². The highest BCUT2D eigenvalue weighted by atomic mass is 32.2. The fourth-order valence-electron chi connectivity index (χ4n) is 4.64. The van der Waals surface area contributed by atoms with Gasteiger partial charge in [-0.3, -0.25) is 4.79 Å². The zero-order valence-electron chi connectivity index (χ0n) is 18.2. The van der Waals surface area contributed by atoms with Gasteiger partial charge in [0.15, 0.2) is 0 Å². The van der Waals surface area contributed by atoms with Crippen molar-refractivity contribution in [1.82, 2.24) is 14.5 Å². The molecule has 3 rings (SSSR count). The van der Waals surface area contributed by atoms with Crippen molar-refractivity contribution < 1.29 is 13.2 Å². The Balaban J connectivity index is 1.41. The number of hydrogen-bond donors (Lipinski definition) is 1. The van der Waals surface area contributed by atoms with E-state index in [1.807, 2.05) is 30.3 Å². The number of piperidine rings is 2. The van der Waals surface area contributed by atoms with E-state index in [1.165, 1.54) is 16.1 Å². The van der Waals surface area contributed by atoms with Gasteiger partial charge >= 0.3 is 0 Å². The summed E-state index contributed by atoms with van der Waals surface area (Å²) in [5, 5.41) is 4.33. The predicted octanol–water partition coefficient (Wildman–Crippen LogP) is 2.79. The molecule has 30 heavy (non-hydrogen) atoms. The highest BCUT2D eigenvalue weighted by molar-refractivity contribution is 7.92. The molecule has 2 saturated heterocycles. The molecule has 2 aliphatic heterocycles. The molecule has 0 radical (unpaired) electrons. The minimum atomic E-state index is -3.46. The molecule has 2 heterocycles. The Kier molecular flexibility index (Phi) is 8.08. The molecule has 1 N–H and O–H groups in total. The van der Waals surface area contributed by atoms with Crippen LogP contribution in [-0.4, -0.2) is 62.8 Å². The molecule has 0 aliphatic carbocycles. The molecular formula is C23H35N3O3S. The van der Waals surface area contributed by atoms with E-state index in [1.54, 1.807) is 6.08 Å². The molecule has 0 saturated carbocycles. The Labute approximate surface area is 181 Å². The molecule has 0 bridgehead atoms. The first-order valence-electron chi connectivity index (χ1n) is 11.1. The number of likely N-dealkylation sites (tertiary alicyclic amines) is 1. The average molecular weight is 434 g/mol. The number of carbonyl (C=O) groups is 1. The minimum Gasteiger partial charge on any atom is -0.355 e. The van der Waals surface area contributed by atoms with E-state index >= 15 is 0 Å². The number of benzene rings is 1. The molecule has 2 atom stereocenters. The summed E-state index contributed by atoms with van der Waals surface area (Å²) in [4.78, 5) is 15.0. The highest BCUT2D eigenvalue weighted by Gasteiger charge is 2.30. The molecule has 7 heteroatoms. The summed E-state index contributed by atoms with van der Waals surface area (Å²) >= 11 is 0. The van der Waals surface area contributed by atoms with Crippen LogP contribution in [0.4, 0.5) is 0 Å². The van der Waals surface area contributed by atoms with Gasteiger partial charge in [-0.25, -0.2) is 8.42 Å². The summed E-state index contributed by atoms with van der Waals surface area (Å²) in [6, 6.07) is 9.39. The SMILES string of the molecule is CC1CC(C)CN(CCNC(=O)C2CCN(S(=O)(=O)/C=C/c3ccccc3)CC2)C1. The van der Waals surface area contributed by atoms with E-state index in [0.717, 1.165) is 25.2 Å². The van der Waals surface area contributed by atoms with Crippen molar-refractivity contribution in [3.8, 4) is 0 Å². The molecule has 2 fully saturated rings. The van der Waals surface area contributed by atoms with E-state index in [4.69, 9.17) is 0 Å². The molecule has 6 nitrogen and oxygen atoms in total. The van der Waals surface area contributed by atoms with Crippen LogP contribution in [0.15, 0.2) is 35.7 Å². The summed E-state index contributed by atoms with van der Waals surface area (Å²) in [5.41, 5.74) is 0.854. The second kappa shape index (κ2) is 10.6. The zero-order valence-corrected chi connectivity index (χ0v) is 19.0. The maximum Gasteiger partial charge on any atom is 0.236 e.